The molecule has 0 aliphatic heterocycles. The third-order valence-corrected chi connectivity index (χ3v) is 7.07. The average Bonchev–Trinajstić information content (AvgIpc) is 3.55. The number of nitrogens with one attached hydrogen (secondary N) is 2. The minimum absolute atomic E-state index is 0.0407. The highest BCUT2D eigenvalue weighted by Gasteiger charge is 2.31. The van der Waals surface area contributed by atoms with Gasteiger partial charge in [-0.1, -0.05) is 19.3 Å². The second-order valence-electron chi connectivity index (χ2n) is 8.06. The highest BCUT2D eigenvalue weighted by molar-refractivity contribution is 7.89. The molecule has 2 aliphatic rings. The number of esters is 1. The van der Waals surface area contributed by atoms with Gasteiger partial charge in [0.15, 0.2) is 6.10 Å². The van der Waals surface area contributed by atoms with Gasteiger partial charge in [0.25, 0.3) is 5.91 Å². The fraction of sp³-hybridized carbons (Fsp3) is 0.619. The lowest BCUT2D eigenvalue weighted by Crippen LogP contribution is -2.38. The third-order valence-electron chi connectivity index (χ3n) is 5.53. The maximum Gasteiger partial charge on any atom is 0.338 e. The van der Waals surface area contributed by atoms with Gasteiger partial charge in [-0.3, -0.25) is 4.79 Å². The van der Waals surface area contributed by atoms with Gasteiger partial charge < -0.3 is 14.8 Å². The van der Waals surface area contributed by atoms with Crippen molar-refractivity contribution in [3.05, 3.63) is 23.8 Å². The summed E-state index contributed by atoms with van der Waals surface area (Å²) in [6.45, 7) is 2.09. The Hall–Kier alpha value is -2.13. The molecule has 0 radical (unpaired) electrons. The zero-order valence-electron chi connectivity index (χ0n) is 17.5. The predicted octanol–water partition coefficient (Wildman–Crippen LogP) is 2.38. The number of hydrogen-bond acceptors (Lipinski definition) is 6. The molecule has 8 nitrogen and oxygen atoms in total. The van der Waals surface area contributed by atoms with E-state index in [0.29, 0.717) is 12.5 Å². The van der Waals surface area contributed by atoms with Crippen molar-refractivity contribution in [2.24, 2.45) is 5.92 Å². The Morgan fingerprint density at radius 3 is 2.47 bits per heavy atom. The van der Waals surface area contributed by atoms with Gasteiger partial charge >= 0.3 is 5.97 Å². The van der Waals surface area contributed by atoms with Crippen molar-refractivity contribution in [1.29, 1.82) is 0 Å². The first kappa shape index (κ1) is 22.6. The molecular weight excluding hydrogens is 408 g/mol. The zero-order chi connectivity index (χ0) is 21.7. The van der Waals surface area contributed by atoms with Crippen molar-refractivity contribution in [2.45, 2.75) is 68.9 Å². The summed E-state index contributed by atoms with van der Waals surface area (Å²) in [5.41, 5.74) is 0.0407. The highest BCUT2D eigenvalue weighted by atomic mass is 32.2. The largest absolute Gasteiger partial charge is 0.495 e. The van der Waals surface area contributed by atoms with E-state index < -0.39 is 22.1 Å². The first-order valence-corrected chi connectivity index (χ1v) is 12.0. The van der Waals surface area contributed by atoms with Crippen molar-refractivity contribution in [3.63, 3.8) is 0 Å². The molecule has 1 unspecified atom stereocenters. The second-order valence-corrected chi connectivity index (χ2v) is 9.74. The number of methoxy groups -OCH3 is 1. The molecule has 9 heteroatoms. The first-order valence-electron chi connectivity index (χ1n) is 10.5. The molecule has 0 spiro atoms. The Morgan fingerprint density at radius 1 is 1.13 bits per heavy atom. The standard InChI is InChI=1S/C21H30N2O6S/c1-14(20(24)22-13-15-6-4-3-5-7-15)29-21(25)16-8-11-18(28-2)19(12-16)30(26,27)23-17-9-10-17/h8,11-12,14-15,17,23H,3-7,9-10,13H2,1-2H3,(H,22,24). The molecule has 0 heterocycles. The Kier molecular flexibility index (Phi) is 7.36. The Labute approximate surface area is 177 Å². The quantitative estimate of drug-likeness (QED) is 0.573. The van der Waals surface area contributed by atoms with E-state index in [1.54, 1.807) is 0 Å². The van der Waals surface area contributed by atoms with Gasteiger partial charge in [-0.25, -0.2) is 17.9 Å². The van der Waals surface area contributed by atoms with Crippen LogP contribution in [0.5, 0.6) is 5.75 Å². The molecule has 3 rings (SSSR count). The minimum atomic E-state index is -3.82. The fourth-order valence-electron chi connectivity index (χ4n) is 3.56. The van der Waals surface area contributed by atoms with Crippen LogP contribution in [0.3, 0.4) is 0 Å². The smallest absolute Gasteiger partial charge is 0.338 e. The fourth-order valence-corrected chi connectivity index (χ4v) is 5.06. The monoisotopic (exact) mass is 438 g/mol. The molecule has 1 amide bonds. The van der Waals surface area contributed by atoms with Crippen molar-refractivity contribution in [1.82, 2.24) is 10.0 Å². The molecular formula is C21H30N2O6S. The predicted molar refractivity (Wildman–Crippen MR) is 111 cm³/mol. The Bertz CT molecular complexity index is 875. The minimum Gasteiger partial charge on any atom is -0.495 e. The molecule has 2 N–H and O–H groups in total. The molecule has 30 heavy (non-hydrogen) atoms. The topological polar surface area (TPSA) is 111 Å². The van der Waals surface area contributed by atoms with E-state index >= 15 is 0 Å². The van der Waals surface area contributed by atoms with Crippen LogP contribution in [0.4, 0.5) is 0 Å². The normalized spacial score (nSPS) is 18.5. The molecule has 2 aliphatic carbocycles. The van der Waals surface area contributed by atoms with Gasteiger partial charge in [0, 0.05) is 12.6 Å². The van der Waals surface area contributed by atoms with Crippen molar-refractivity contribution >= 4 is 21.9 Å². The average molecular weight is 439 g/mol. The number of benzene rings is 1. The van der Waals surface area contributed by atoms with Gasteiger partial charge in [0.05, 0.1) is 12.7 Å². The van der Waals surface area contributed by atoms with Crippen LogP contribution < -0.4 is 14.8 Å². The zero-order valence-corrected chi connectivity index (χ0v) is 18.3. The van der Waals surface area contributed by atoms with Crippen molar-refractivity contribution < 1.29 is 27.5 Å². The van der Waals surface area contributed by atoms with Crippen molar-refractivity contribution in [2.75, 3.05) is 13.7 Å². The molecule has 1 aromatic carbocycles. The Balaban J connectivity index is 1.62. The number of sulfonamides is 1. The van der Waals surface area contributed by atoms with E-state index in [0.717, 1.165) is 25.7 Å². The van der Waals surface area contributed by atoms with Gasteiger partial charge in [-0.05, 0) is 56.7 Å². The van der Waals surface area contributed by atoms with Crippen LogP contribution in [0.15, 0.2) is 23.1 Å². The number of carbonyl (C=O) groups is 2. The summed E-state index contributed by atoms with van der Waals surface area (Å²) in [6, 6.07) is 3.97. The number of hydrogen-bond donors (Lipinski definition) is 2. The van der Waals surface area contributed by atoms with Crippen LogP contribution in [0.2, 0.25) is 0 Å². The van der Waals surface area contributed by atoms with Crippen LogP contribution in [-0.2, 0) is 19.6 Å². The molecule has 0 aromatic heterocycles. The summed E-state index contributed by atoms with van der Waals surface area (Å²) < 4.78 is 38.2. The molecule has 1 atom stereocenters. The maximum absolute atomic E-state index is 12.6. The van der Waals surface area contributed by atoms with E-state index in [2.05, 4.69) is 10.0 Å². The first-order chi connectivity index (χ1) is 14.3. The van der Waals surface area contributed by atoms with Crippen LogP contribution >= 0.6 is 0 Å². The van der Waals surface area contributed by atoms with Gasteiger partial charge in [0.2, 0.25) is 10.0 Å². The summed E-state index contributed by atoms with van der Waals surface area (Å²) in [7, 11) is -2.46. The summed E-state index contributed by atoms with van der Waals surface area (Å²) in [4.78, 5) is 24.7. The summed E-state index contributed by atoms with van der Waals surface area (Å²) in [5, 5.41) is 2.85. The SMILES string of the molecule is COc1ccc(C(=O)OC(C)C(=O)NCC2CCCCC2)cc1S(=O)(=O)NC1CC1. The number of rotatable bonds is 9. The third kappa shape index (κ3) is 5.95. The van der Waals surface area contributed by atoms with E-state index in [9.17, 15) is 18.0 Å². The Morgan fingerprint density at radius 2 is 1.83 bits per heavy atom. The van der Waals surface area contributed by atoms with E-state index in [1.807, 2.05) is 0 Å². The molecule has 2 fully saturated rings. The number of ether oxygens (including phenoxy) is 2. The van der Waals surface area contributed by atoms with Crippen LogP contribution in [0.1, 0.15) is 62.2 Å². The van der Waals surface area contributed by atoms with Crippen LogP contribution in [-0.4, -0.2) is 46.1 Å². The molecule has 166 valence electrons. The number of carbonyl (C=O) groups excluding carboxylic acids is 2. The summed E-state index contributed by atoms with van der Waals surface area (Å²) >= 11 is 0. The van der Waals surface area contributed by atoms with Crippen molar-refractivity contribution in [3.8, 4) is 5.75 Å². The number of amides is 1. The second kappa shape index (κ2) is 9.78. The van der Waals surface area contributed by atoms with E-state index in [1.165, 1.54) is 51.5 Å². The molecule has 0 saturated heterocycles. The molecule has 0 bridgehead atoms. The van der Waals surface area contributed by atoms with Crippen LogP contribution in [0.25, 0.3) is 0 Å². The summed E-state index contributed by atoms with van der Waals surface area (Å²) in [6.07, 6.45) is 6.42. The lowest BCUT2D eigenvalue weighted by molar-refractivity contribution is -0.129. The maximum atomic E-state index is 12.6. The van der Waals surface area contributed by atoms with Gasteiger partial charge in [0.1, 0.15) is 10.6 Å². The van der Waals surface area contributed by atoms with Gasteiger partial charge in [-0.15, -0.1) is 0 Å². The lowest BCUT2D eigenvalue weighted by Gasteiger charge is -2.22. The molecule has 1 aromatic rings. The van der Waals surface area contributed by atoms with E-state index in [4.69, 9.17) is 9.47 Å². The highest BCUT2D eigenvalue weighted by Crippen LogP contribution is 2.28. The van der Waals surface area contributed by atoms with Gasteiger partial charge in [-0.2, -0.15) is 0 Å². The lowest BCUT2D eigenvalue weighted by atomic mass is 9.89. The molecule has 2 saturated carbocycles. The summed E-state index contributed by atoms with van der Waals surface area (Å²) in [5.74, 6) is -0.511. The van der Waals surface area contributed by atoms with E-state index in [-0.39, 0.29) is 28.2 Å². The van der Waals surface area contributed by atoms with Crippen LogP contribution in [0, 0.1) is 5.92 Å².